The van der Waals surface area contributed by atoms with Crippen LogP contribution in [0.5, 0.6) is 0 Å². The molecule has 0 radical (unpaired) electrons. The Morgan fingerprint density at radius 1 is 1.40 bits per heavy atom. The standard InChI is InChI=1S/C12H26N2S/c1-11(7-10-15-3)14(2)12-5-4-8-13-9-6-12/h11-13H,4-10H2,1-3H3. The van der Waals surface area contributed by atoms with Crippen molar-refractivity contribution >= 4 is 11.8 Å². The van der Waals surface area contributed by atoms with E-state index in [1.807, 2.05) is 11.8 Å². The molecule has 0 aromatic rings. The van der Waals surface area contributed by atoms with Gasteiger partial charge >= 0.3 is 0 Å². The zero-order valence-electron chi connectivity index (χ0n) is 10.5. The molecule has 1 rings (SSSR count). The van der Waals surface area contributed by atoms with E-state index in [1.54, 1.807) is 0 Å². The van der Waals surface area contributed by atoms with E-state index in [-0.39, 0.29) is 0 Å². The van der Waals surface area contributed by atoms with E-state index in [9.17, 15) is 0 Å². The highest BCUT2D eigenvalue weighted by atomic mass is 32.2. The highest BCUT2D eigenvalue weighted by Crippen LogP contribution is 2.16. The summed E-state index contributed by atoms with van der Waals surface area (Å²) >= 11 is 1.96. The second-order valence-electron chi connectivity index (χ2n) is 4.63. The first-order valence-electron chi connectivity index (χ1n) is 6.17. The average Bonchev–Trinajstić information content (AvgIpc) is 2.53. The van der Waals surface area contributed by atoms with Gasteiger partial charge in [-0.3, -0.25) is 0 Å². The van der Waals surface area contributed by atoms with Crippen LogP contribution in [0.15, 0.2) is 0 Å². The van der Waals surface area contributed by atoms with Crippen LogP contribution in [0.1, 0.15) is 32.6 Å². The molecule has 2 nitrogen and oxygen atoms in total. The van der Waals surface area contributed by atoms with E-state index in [4.69, 9.17) is 0 Å². The molecule has 1 saturated heterocycles. The van der Waals surface area contributed by atoms with E-state index in [1.165, 1.54) is 44.5 Å². The molecule has 1 heterocycles. The molecular formula is C12H26N2S. The lowest BCUT2D eigenvalue weighted by molar-refractivity contribution is 0.167. The first kappa shape index (κ1) is 13.3. The van der Waals surface area contributed by atoms with Crippen LogP contribution in [0, 0.1) is 0 Å². The van der Waals surface area contributed by atoms with Crippen LogP contribution in [-0.4, -0.2) is 49.1 Å². The van der Waals surface area contributed by atoms with Crippen molar-refractivity contribution in [2.24, 2.45) is 0 Å². The molecule has 1 aliphatic heterocycles. The van der Waals surface area contributed by atoms with Crippen molar-refractivity contribution in [2.45, 2.75) is 44.7 Å². The van der Waals surface area contributed by atoms with Gasteiger partial charge in [0.05, 0.1) is 0 Å². The molecule has 15 heavy (non-hydrogen) atoms. The highest BCUT2D eigenvalue weighted by Gasteiger charge is 2.20. The van der Waals surface area contributed by atoms with Gasteiger partial charge in [-0.25, -0.2) is 0 Å². The molecule has 1 aliphatic rings. The Morgan fingerprint density at radius 3 is 2.93 bits per heavy atom. The summed E-state index contributed by atoms with van der Waals surface area (Å²) in [4.78, 5) is 2.60. The van der Waals surface area contributed by atoms with Gasteiger partial charge in [0.15, 0.2) is 0 Å². The molecule has 0 bridgehead atoms. The van der Waals surface area contributed by atoms with Crippen molar-refractivity contribution in [1.82, 2.24) is 10.2 Å². The summed E-state index contributed by atoms with van der Waals surface area (Å²) in [5.74, 6) is 1.29. The van der Waals surface area contributed by atoms with Gasteiger partial charge in [0.25, 0.3) is 0 Å². The number of nitrogens with one attached hydrogen (secondary N) is 1. The van der Waals surface area contributed by atoms with Crippen molar-refractivity contribution in [2.75, 3.05) is 32.1 Å². The first-order chi connectivity index (χ1) is 7.25. The summed E-state index contributed by atoms with van der Waals surface area (Å²) in [6.07, 6.45) is 7.54. The first-order valence-corrected chi connectivity index (χ1v) is 7.56. The fourth-order valence-electron chi connectivity index (χ4n) is 2.26. The lowest BCUT2D eigenvalue weighted by atomic mass is 10.1. The summed E-state index contributed by atoms with van der Waals surface area (Å²) in [5.41, 5.74) is 0. The van der Waals surface area contributed by atoms with Gasteiger partial charge in [-0.15, -0.1) is 0 Å². The normalized spacial score (nSPS) is 25.2. The van der Waals surface area contributed by atoms with Crippen LogP contribution in [0.4, 0.5) is 0 Å². The summed E-state index contributed by atoms with van der Waals surface area (Å²) in [6.45, 7) is 4.78. The molecule has 0 aromatic carbocycles. The van der Waals surface area contributed by atoms with Crippen molar-refractivity contribution < 1.29 is 0 Å². The van der Waals surface area contributed by atoms with E-state index in [0.717, 1.165) is 12.1 Å². The summed E-state index contributed by atoms with van der Waals surface area (Å²) in [5, 5.41) is 3.48. The summed E-state index contributed by atoms with van der Waals surface area (Å²) in [6, 6.07) is 1.54. The largest absolute Gasteiger partial charge is 0.317 e. The third-order valence-electron chi connectivity index (χ3n) is 3.56. The van der Waals surface area contributed by atoms with E-state index in [0.29, 0.717) is 0 Å². The smallest absolute Gasteiger partial charge is 0.0108 e. The number of rotatable bonds is 5. The SMILES string of the molecule is CSCCC(C)N(C)C1CCCNCC1. The summed E-state index contributed by atoms with van der Waals surface area (Å²) in [7, 11) is 2.31. The lowest BCUT2D eigenvalue weighted by Gasteiger charge is -2.32. The van der Waals surface area contributed by atoms with Crippen LogP contribution in [0.3, 0.4) is 0 Å². The molecule has 1 fully saturated rings. The molecule has 0 aliphatic carbocycles. The number of thioether (sulfide) groups is 1. The Kier molecular flexibility index (Phi) is 6.69. The minimum Gasteiger partial charge on any atom is -0.317 e. The second-order valence-corrected chi connectivity index (χ2v) is 5.62. The highest BCUT2D eigenvalue weighted by molar-refractivity contribution is 7.98. The fourth-order valence-corrected chi connectivity index (χ4v) is 2.84. The van der Waals surface area contributed by atoms with Gasteiger partial charge in [0.1, 0.15) is 0 Å². The Hall–Kier alpha value is 0.270. The zero-order chi connectivity index (χ0) is 11.1. The molecule has 2 unspecified atom stereocenters. The minimum absolute atomic E-state index is 0.737. The van der Waals surface area contributed by atoms with Crippen LogP contribution >= 0.6 is 11.8 Å². The predicted octanol–water partition coefficient (Wildman–Crippen LogP) is 2.20. The average molecular weight is 230 g/mol. The van der Waals surface area contributed by atoms with Crippen molar-refractivity contribution in [1.29, 1.82) is 0 Å². The third-order valence-corrected chi connectivity index (χ3v) is 4.20. The third kappa shape index (κ3) is 4.75. The van der Waals surface area contributed by atoms with Gasteiger partial charge < -0.3 is 10.2 Å². The molecule has 0 aromatic heterocycles. The Balaban J connectivity index is 2.32. The second kappa shape index (κ2) is 7.53. The monoisotopic (exact) mass is 230 g/mol. The van der Waals surface area contributed by atoms with Gasteiger partial charge in [-0.05, 0) is 64.8 Å². The number of hydrogen-bond acceptors (Lipinski definition) is 3. The molecule has 1 N–H and O–H groups in total. The maximum absolute atomic E-state index is 3.48. The maximum atomic E-state index is 3.48. The topological polar surface area (TPSA) is 15.3 Å². The van der Waals surface area contributed by atoms with Gasteiger partial charge in [-0.1, -0.05) is 0 Å². The van der Waals surface area contributed by atoms with Crippen LogP contribution in [0.2, 0.25) is 0 Å². The molecule has 2 atom stereocenters. The number of hydrogen-bond donors (Lipinski definition) is 1. The van der Waals surface area contributed by atoms with Crippen LogP contribution in [0.25, 0.3) is 0 Å². The Morgan fingerprint density at radius 2 is 2.20 bits per heavy atom. The molecular weight excluding hydrogens is 204 g/mol. The van der Waals surface area contributed by atoms with Gasteiger partial charge in [-0.2, -0.15) is 11.8 Å². The fraction of sp³-hybridized carbons (Fsp3) is 1.00. The molecule has 0 amide bonds. The van der Waals surface area contributed by atoms with E-state index >= 15 is 0 Å². The Bertz CT molecular complexity index is 156. The van der Waals surface area contributed by atoms with Crippen LogP contribution < -0.4 is 5.32 Å². The quantitative estimate of drug-likeness (QED) is 0.779. The molecule has 3 heteroatoms. The maximum Gasteiger partial charge on any atom is 0.0108 e. The van der Waals surface area contributed by atoms with E-state index < -0.39 is 0 Å². The van der Waals surface area contributed by atoms with E-state index in [2.05, 4.69) is 30.4 Å². The predicted molar refractivity (Wildman–Crippen MR) is 70.7 cm³/mol. The van der Waals surface area contributed by atoms with Gasteiger partial charge in [0, 0.05) is 12.1 Å². The van der Waals surface area contributed by atoms with Crippen molar-refractivity contribution in [3.05, 3.63) is 0 Å². The Labute approximate surface area is 99.2 Å². The number of nitrogens with zero attached hydrogens (tertiary/aromatic N) is 1. The lowest BCUT2D eigenvalue weighted by Crippen LogP contribution is -2.39. The van der Waals surface area contributed by atoms with Crippen LogP contribution in [-0.2, 0) is 0 Å². The minimum atomic E-state index is 0.737. The van der Waals surface area contributed by atoms with Crippen molar-refractivity contribution in [3.8, 4) is 0 Å². The molecule has 90 valence electrons. The molecule has 0 saturated carbocycles. The summed E-state index contributed by atoms with van der Waals surface area (Å²) < 4.78 is 0. The van der Waals surface area contributed by atoms with Gasteiger partial charge in [0.2, 0.25) is 0 Å². The zero-order valence-corrected chi connectivity index (χ0v) is 11.3. The van der Waals surface area contributed by atoms with Crippen molar-refractivity contribution in [3.63, 3.8) is 0 Å². The molecule has 0 spiro atoms.